The molecule has 0 heterocycles. The fourth-order valence-corrected chi connectivity index (χ4v) is 9.49. The van der Waals surface area contributed by atoms with E-state index in [1.54, 1.807) is 0 Å². The lowest BCUT2D eigenvalue weighted by Crippen LogP contribution is -2.59. The fraction of sp³-hybridized carbons (Fsp3) is 0.857. The van der Waals surface area contributed by atoms with Crippen molar-refractivity contribution in [1.82, 2.24) is 0 Å². The Morgan fingerprint density at radius 2 is 1.76 bits per heavy atom. The predicted octanol–water partition coefficient (Wildman–Crippen LogP) is 4.90. The highest BCUT2D eigenvalue weighted by atomic mass is 16.5. The molecule has 2 unspecified atom stereocenters. The van der Waals surface area contributed by atoms with Crippen molar-refractivity contribution in [2.45, 2.75) is 78.6 Å². The topological polar surface area (TPSA) is 77.5 Å². The summed E-state index contributed by atoms with van der Waals surface area (Å²) in [5.41, 5.74) is -0.0101. The van der Waals surface area contributed by atoms with Gasteiger partial charge in [0.2, 0.25) is 0 Å². The lowest BCUT2D eigenvalue weighted by atomic mass is 9.40. The van der Waals surface area contributed by atoms with Crippen molar-refractivity contribution in [3.8, 4) is 0 Å². The van der Waals surface area contributed by atoms with E-state index in [2.05, 4.69) is 20.8 Å². The highest BCUT2D eigenvalue weighted by Gasteiger charge is 2.65. The molecular weight excluding hydrogens is 416 g/mol. The summed E-state index contributed by atoms with van der Waals surface area (Å²) in [5, 5.41) is 0. The summed E-state index contributed by atoms with van der Waals surface area (Å²) in [5.74, 6) is 2.15. The van der Waals surface area contributed by atoms with E-state index in [-0.39, 0.29) is 34.6 Å². The zero-order valence-corrected chi connectivity index (χ0v) is 20.8. The van der Waals surface area contributed by atoms with Crippen LogP contribution in [0.25, 0.3) is 0 Å². The fourth-order valence-electron chi connectivity index (χ4n) is 9.49. The van der Waals surface area contributed by atoms with E-state index in [0.29, 0.717) is 41.9 Å². The van der Waals surface area contributed by atoms with Gasteiger partial charge >= 0.3 is 5.97 Å². The van der Waals surface area contributed by atoms with E-state index in [9.17, 15) is 19.2 Å². The predicted molar refractivity (Wildman–Crippen MR) is 125 cm³/mol. The third-order valence-electron chi connectivity index (χ3n) is 11.3. The van der Waals surface area contributed by atoms with Gasteiger partial charge in [0, 0.05) is 24.2 Å². The molecule has 11 atom stereocenters. The number of fused-ring (bicyclic) bond motifs is 5. The van der Waals surface area contributed by atoms with E-state index in [1.807, 2.05) is 0 Å². The molecule has 0 aromatic rings. The maximum atomic E-state index is 12.6. The van der Waals surface area contributed by atoms with E-state index in [4.69, 9.17) is 4.74 Å². The van der Waals surface area contributed by atoms with Crippen molar-refractivity contribution >= 4 is 24.8 Å². The molecule has 4 aliphatic rings. The first kappa shape index (κ1) is 24.6. The van der Waals surface area contributed by atoms with Crippen molar-refractivity contribution in [2.24, 2.45) is 64.1 Å². The van der Waals surface area contributed by atoms with Crippen LogP contribution in [-0.2, 0) is 23.9 Å². The lowest BCUT2D eigenvalue weighted by Gasteiger charge is -2.64. The van der Waals surface area contributed by atoms with Gasteiger partial charge in [-0.2, -0.15) is 0 Å². The molecule has 0 amide bonds. The minimum absolute atomic E-state index is 0.0106. The minimum Gasteiger partial charge on any atom is -0.469 e. The van der Waals surface area contributed by atoms with Crippen LogP contribution in [-0.4, -0.2) is 31.9 Å². The number of hydrogen-bond donors (Lipinski definition) is 0. The van der Waals surface area contributed by atoms with Gasteiger partial charge in [0.25, 0.3) is 0 Å². The maximum absolute atomic E-state index is 12.6. The molecule has 33 heavy (non-hydrogen) atoms. The molecule has 0 radical (unpaired) electrons. The number of aldehydes is 3. The zero-order chi connectivity index (χ0) is 24.0. The van der Waals surface area contributed by atoms with Gasteiger partial charge in [-0.05, 0) is 97.7 Å². The Hall–Kier alpha value is -1.52. The second-order valence-corrected chi connectivity index (χ2v) is 12.3. The minimum atomic E-state index is -0.171. The molecule has 0 N–H and O–H groups in total. The van der Waals surface area contributed by atoms with E-state index in [0.717, 1.165) is 57.7 Å². The molecule has 0 saturated heterocycles. The summed E-state index contributed by atoms with van der Waals surface area (Å²) in [4.78, 5) is 48.3. The van der Waals surface area contributed by atoms with Crippen LogP contribution in [0.4, 0.5) is 0 Å². The summed E-state index contributed by atoms with van der Waals surface area (Å²) in [7, 11) is 1.43. The van der Waals surface area contributed by atoms with Gasteiger partial charge in [-0.25, -0.2) is 0 Å². The van der Waals surface area contributed by atoms with E-state index >= 15 is 0 Å². The average Bonchev–Trinajstić information content (AvgIpc) is 3.18. The number of esters is 1. The van der Waals surface area contributed by atoms with Crippen LogP contribution in [0.1, 0.15) is 78.6 Å². The molecule has 184 valence electrons. The highest BCUT2D eigenvalue weighted by molar-refractivity contribution is 5.69. The number of hydrogen-bond acceptors (Lipinski definition) is 5. The summed E-state index contributed by atoms with van der Waals surface area (Å²) in [6.07, 6.45) is 11.5. The van der Waals surface area contributed by atoms with Gasteiger partial charge in [0.15, 0.2) is 0 Å². The van der Waals surface area contributed by atoms with Crippen molar-refractivity contribution in [1.29, 1.82) is 0 Å². The van der Waals surface area contributed by atoms with Gasteiger partial charge in [0.05, 0.1) is 7.11 Å². The van der Waals surface area contributed by atoms with Crippen LogP contribution >= 0.6 is 0 Å². The van der Waals surface area contributed by atoms with Gasteiger partial charge in [0.1, 0.15) is 18.9 Å². The smallest absolute Gasteiger partial charge is 0.305 e. The molecule has 4 aliphatic carbocycles. The molecule has 0 aromatic carbocycles. The van der Waals surface area contributed by atoms with Gasteiger partial charge < -0.3 is 19.1 Å². The van der Waals surface area contributed by atoms with Crippen molar-refractivity contribution in [3.05, 3.63) is 0 Å². The Kier molecular flexibility index (Phi) is 6.90. The van der Waals surface area contributed by atoms with Crippen molar-refractivity contribution in [3.63, 3.8) is 0 Å². The van der Waals surface area contributed by atoms with Crippen molar-refractivity contribution < 1.29 is 23.9 Å². The third kappa shape index (κ3) is 3.82. The van der Waals surface area contributed by atoms with Gasteiger partial charge in [-0.3, -0.25) is 4.79 Å². The number of methoxy groups -OCH3 is 1. The number of rotatable bonds is 7. The largest absolute Gasteiger partial charge is 0.469 e. The molecule has 0 aliphatic heterocycles. The Bertz CT molecular complexity index is 778. The van der Waals surface area contributed by atoms with Crippen LogP contribution in [0.5, 0.6) is 0 Å². The molecule has 4 fully saturated rings. The first-order chi connectivity index (χ1) is 15.7. The SMILES string of the molecule is COC(=O)CC[C@@H](C)C1CC[C@H]2[C@@H]3[C@H](C=O)CC4C[C@H](C=O)CC[C@]4(C)[C@H]3C[C@H](C=O)[C@]12C. The van der Waals surface area contributed by atoms with Crippen LogP contribution in [0.3, 0.4) is 0 Å². The van der Waals surface area contributed by atoms with E-state index < -0.39 is 0 Å². The Labute approximate surface area is 198 Å². The monoisotopic (exact) mass is 458 g/mol. The molecule has 4 rings (SSSR count). The van der Waals surface area contributed by atoms with Crippen LogP contribution < -0.4 is 0 Å². The maximum Gasteiger partial charge on any atom is 0.305 e. The quantitative estimate of drug-likeness (QED) is 0.401. The van der Waals surface area contributed by atoms with Crippen LogP contribution in [0.15, 0.2) is 0 Å². The Morgan fingerprint density at radius 1 is 1.00 bits per heavy atom. The molecule has 0 bridgehead atoms. The number of carbonyl (C=O) groups is 4. The third-order valence-corrected chi connectivity index (χ3v) is 11.3. The van der Waals surface area contributed by atoms with Crippen LogP contribution in [0, 0.1) is 64.1 Å². The van der Waals surface area contributed by atoms with Crippen LogP contribution in [0.2, 0.25) is 0 Å². The molecule has 0 aromatic heterocycles. The average molecular weight is 459 g/mol. The van der Waals surface area contributed by atoms with E-state index in [1.165, 1.54) is 19.7 Å². The second-order valence-electron chi connectivity index (χ2n) is 12.3. The highest BCUT2D eigenvalue weighted by Crippen LogP contribution is 2.70. The first-order valence-corrected chi connectivity index (χ1v) is 13.2. The number of carbonyl (C=O) groups excluding carboxylic acids is 4. The van der Waals surface area contributed by atoms with Gasteiger partial charge in [-0.15, -0.1) is 0 Å². The first-order valence-electron chi connectivity index (χ1n) is 13.2. The molecular formula is C28H42O5. The number of ether oxygens (including phenoxy) is 1. The Morgan fingerprint density at radius 3 is 2.39 bits per heavy atom. The molecule has 5 heteroatoms. The second kappa shape index (κ2) is 9.26. The summed E-state index contributed by atoms with van der Waals surface area (Å²) in [6.45, 7) is 6.94. The standard InChI is InChI=1S/C28H42O5/c1-17(5-8-25(32)33-4)22-6-7-23-26-19(15-30)12-20-11-18(14-29)9-10-27(20,2)24(26)13-21(16-31)28(22,23)3/h14-24,26H,5-13H2,1-4H3/t17-,18-,19+,20?,21-,22?,23+,24+,26+,27+,28-/m1/s1. The lowest BCUT2D eigenvalue weighted by molar-refractivity contribution is -0.171. The Balaban J connectivity index is 1.65. The zero-order valence-electron chi connectivity index (χ0n) is 20.8. The summed E-state index contributed by atoms with van der Waals surface area (Å²) in [6, 6.07) is 0. The van der Waals surface area contributed by atoms with Crippen molar-refractivity contribution in [2.75, 3.05) is 7.11 Å². The molecule has 0 spiro atoms. The summed E-state index contributed by atoms with van der Waals surface area (Å²) < 4.78 is 4.86. The summed E-state index contributed by atoms with van der Waals surface area (Å²) >= 11 is 0. The molecule has 5 nitrogen and oxygen atoms in total. The normalized spacial score (nSPS) is 47.4. The van der Waals surface area contributed by atoms with Gasteiger partial charge in [-0.1, -0.05) is 20.8 Å². The molecule has 4 saturated carbocycles.